The summed E-state index contributed by atoms with van der Waals surface area (Å²) in [5.74, 6) is -1.80. The second kappa shape index (κ2) is 8.31. The van der Waals surface area contributed by atoms with Gasteiger partial charge in [-0.3, -0.25) is 14.5 Å². The number of amides is 1. The van der Waals surface area contributed by atoms with Crippen molar-refractivity contribution in [2.75, 3.05) is 12.4 Å². The minimum absolute atomic E-state index is 0.140. The number of fused-ring (bicyclic) bond motifs is 3. The van der Waals surface area contributed by atoms with E-state index in [0.717, 1.165) is 39.5 Å². The van der Waals surface area contributed by atoms with Gasteiger partial charge in [-0.05, 0) is 30.3 Å². The smallest absolute Gasteiger partial charge is 0.246 e. The molecular weight excluding hydrogens is 426 g/mol. The van der Waals surface area contributed by atoms with Gasteiger partial charge in [0, 0.05) is 34.3 Å². The van der Waals surface area contributed by atoms with Crippen LogP contribution >= 0.6 is 0 Å². The normalized spacial score (nSPS) is 11.1. The number of carbonyl (C=O) groups excluding carboxylic acids is 1. The highest BCUT2D eigenvalue weighted by molar-refractivity contribution is 6.09. The Morgan fingerprint density at radius 2 is 1.82 bits per heavy atom. The van der Waals surface area contributed by atoms with Gasteiger partial charge < -0.3 is 10.1 Å². The SMILES string of the molecule is COc1ccc2ncc3c(-c4ccccc4)nn(CC(=O)Nc4ccc(F)c(F)c4)c3c2c1. The van der Waals surface area contributed by atoms with E-state index in [-0.39, 0.29) is 12.2 Å². The lowest BCUT2D eigenvalue weighted by molar-refractivity contribution is -0.116. The Balaban J connectivity index is 1.62. The third-order valence-electron chi connectivity index (χ3n) is 5.32. The van der Waals surface area contributed by atoms with E-state index in [0.29, 0.717) is 11.4 Å². The first kappa shape index (κ1) is 20.6. The van der Waals surface area contributed by atoms with Gasteiger partial charge >= 0.3 is 0 Å². The van der Waals surface area contributed by atoms with Crippen molar-refractivity contribution < 1.29 is 18.3 Å². The van der Waals surface area contributed by atoms with Crippen LogP contribution in [0.2, 0.25) is 0 Å². The number of rotatable bonds is 5. The lowest BCUT2D eigenvalue weighted by atomic mass is 10.1. The van der Waals surface area contributed by atoms with Gasteiger partial charge in [0.15, 0.2) is 11.6 Å². The Kier molecular flexibility index (Phi) is 5.18. The Hall–Kier alpha value is -4.33. The van der Waals surface area contributed by atoms with Crippen molar-refractivity contribution in [1.82, 2.24) is 14.8 Å². The van der Waals surface area contributed by atoms with Crippen molar-refractivity contribution in [1.29, 1.82) is 0 Å². The van der Waals surface area contributed by atoms with Crippen LogP contribution in [0.15, 0.2) is 72.9 Å². The van der Waals surface area contributed by atoms with Gasteiger partial charge in [0.25, 0.3) is 0 Å². The Morgan fingerprint density at radius 3 is 2.58 bits per heavy atom. The molecule has 0 atom stereocenters. The number of hydrogen-bond donors (Lipinski definition) is 1. The molecule has 0 bridgehead atoms. The Labute approximate surface area is 187 Å². The molecule has 0 saturated heterocycles. The van der Waals surface area contributed by atoms with Crippen LogP contribution in [0.3, 0.4) is 0 Å². The van der Waals surface area contributed by atoms with Crippen LogP contribution in [-0.4, -0.2) is 27.8 Å². The molecule has 0 saturated carbocycles. The van der Waals surface area contributed by atoms with E-state index in [1.54, 1.807) is 18.0 Å². The van der Waals surface area contributed by atoms with Crippen molar-refractivity contribution in [2.24, 2.45) is 0 Å². The first-order valence-corrected chi connectivity index (χ1v) is 10.2. The second-order valence-electron chi connectivity index (χ2n) is 7.45. The quantitative estimate of drug-likeness (QED) is 0.406. The third kappa shape index (κ3) is 3.87. The molecule has 0 aliphatic rings. The van der Waals surface area contributed by atoms with Crippen LogP contribution in [0.1, 0.15) is 0 Å². The number of nitrogens with zero attached hydrogens (tertiary/aromatic N) is 3. The predicted octanol–water partition coefficient (Wildman–Crippen LogP) is 5.18. The predicted molar refractivity (Wildman–Crippen MR) is 122 cm³/mol. The summed E-state index contributed by atoms with van der Waals surface area (Å²) in [4.78, 5) is 17.4. The first-order chi connectivity index (χ1) is 16.0. The molecule has 8 heteroatoms. The second-order valence-corrected chi connectivity index (χ2v) is 7.45. The molecule has 0 aliphatic heterocycles. The number of ether oxygens (including phenoxy) is 1. The molecule has 1 N–H and O–H groups in total. The number of benzene rings is 3. The van der Waals surface area contributed by atoms with Crippen LogP contribution in [0.25, 0.3) is 33.1 Å². The minimum atomic E-state index is -1.03. The fourth-order valence-corrected chi connectivity index (χ4v) is 3.79. The molecular formula is C25H18F2N4O2. The van der Waals surface area contributed by atoms with E-state index < -0.39 is 17.5 Å². The van der Waals surface area contributed by atoms with Gasteiger partial charge in [-0.25, -0.2) is 8.78 Å². The molecule has 0 fully saturated rings. The van der Waals surface area contributed by atoms with E-state index in [1.807, 2.05) is 48.5 Å². The number of carbonyl (C=O) groups is 1. The maximum Gasteiger partial charge on any atom is 0.246 e. The van der Waals surface area contributed by atoms with E-state index in [4.69, 9.17) is 9.84 Å². The number of methoxy groups -OCH3 is 1. The summed E-state index contributed by atoms with van der Waals surface area (Å²) in [6, 6.07) is 18.3. The first-order valence-electron chi connectivity index (χ1n) is 10.2. The molecule has 2 heterocycles. The van der Waals surface area contributed by atoms with Crippen molar-refractivity contribution >= 4 is 33.4 Å². The van der Waals surface area contributed by atoms with Gasteiger partial charge in [0.1, 0.15) is 18.0 Å². The van der Waals surface area contributed by atoms with Crippen molar-refractivity contribution in [2.45, 2.75) is 6.54 Å². The van der Waals surface area contributed by atoms with Crippen LogP contribution in [0, 0.1) is 11.6 Å². The Morgan fingerprint density at radius 1 is 1.00 bits per heavy atom. The Bertz CT molecular complexity index is 1500. The molecule has 33 heavy (non-hydrogen) atoms. The number of aromatic nitrogens is 3. The number of hydrogen-bond acceptors (Lipinski definition) is 4. The molecule has 0 radical (unpaired) electrons. The fourth-order valence-electron chi connectivity index (χ4n) is 3.79. The molecule has 0 spiro atoms. The van der Waals surface area contributed by atoms with Crippen LogP contribution in [0.5, 0.6) is 5.75 Å². The zero-order chi connectivity index (χ0) is 22.9. The zero-order valence-electron chi connectivity index (χ0n) is 17.5. The molecule has 3 aromatic carbocycles. The van der Waals surface area contributed by atoms with E-state index in [1.165, 1.54) is 6.07 Å². The van der Waals surface area contributed by atoms with Crippen molar-refractivity contribution in [3.8, 4) is 17.0 Å². The minimum Gasteiger partial charge on any atom is -0.497 e. The van der Waals surface area contributed by atoms with Crippen molar-refractivity contribution in [3.63, 3.8) is 0 Å². The number of pyridine rings is 1. The lowest BCUT2D eigenvalue weighted by Gasteiger charge is -2.08. The summed E-state index contributed by atoms with van der Waals surface area (Å²) in [6.45, 7) is -0.140. The highest BCUT2D eigenvalue weighted by atomic mass is 19.2. The van der Waals surface area contributed by atoms with Crippen LogP contribution < -0.4 is 10.1 Å². The maximum atomic E-state index is 13.5. The molecule has 6 nitrogen and oxygen atoms in total. The van der Waals surface area contributed by atoms with Crippen molar-refractivity contribution in [3.05, 3.63) is 84.6 Å². The number of nitrogens with one attached hydrogen (secondary N) is 1. The van der Waals surface area contributed by atoms with Gasteiger partial charge in [-0.2, -0.15) is 5.10 Å². The zero-order valence-corrected chi connectivity index (χ0v) is 17.5. The molecule has 0 unspecified atom stereocenters. The molecule has 2 aromatic heterocycles. The monoisotopic (exact) mass is 444 g/mol. The van der Waals surface area contributed by atoms with Gasteiger partial charge in [0.2, 0.25) is 5.91 Å². The average Bonchev–Trinajstić information content (AvgIpc) is 3.20. The van der Waals surface area contributed by atoms with Gasteiger partial charge in [-0.1, -0.05) is 30.3 Å². The summed E-state index contributed by atoms with van der Waals surface area (Å²) in [6.07, 6.45) is 1.74. The summed E-state index contributed by atoms with van der Waals surface area (Å²) >= 11 is 0. The standard InChI is InChI=1S/C25H18F2N4O2/c1-33-17-8-10-22-18(12-17)25-19(13-28-22)24(15-5-3-2-4-6-15)30-31(25)14-23(32)29-16-7-9-20(26)21(27)11-16/h2-13H,14H2,1H3,(H,29,32). The van der Waals surface area contributed by atoms with Gasteiger partial charge in [0.05, 0.1) is 18.1 Å². The molecule has 164 valence electrons. The molecule has 5 rings (SSSR count). The van der Waals surface area contributed by atoms with Crippen LogP contribution in [0.4, 0.5) is 14.5 Å². The van der Waals surface area contributed by atoms with E-state index in [2.05, 4.69) is 10.3 Å². The largest absolute Gasteiger partial charge is 0.497 e. The summed E-state index contributed by atoms with van der Waals surface area (Å²) in [5.41, 5.74) is 3.17. The average molecular weight is 444 g/mol. The molecule has 1 amide bonds. The third-order valence-corrected chi connectivity index (χ3v) is 5.32. The van der Waals surface area contributed by atoms with E-state index >= 15 is 0 Å². The lowest BCUT2D eigenvalue weighted by Crippen LogP contribution is -2.19. The van der Waals surface area contributed by atoms with Gasteiger partial charge in [-0.15, -0.1) is 0 Å². The van der Waals surface area contributed by atoms with E-state index in [9.17, 15) is 13.6 Å². The summed E-state index contributed by atoms with van der Waals surface area (Å²) in [5, 5.41) is 8.88. The highest BCUT2D eigenvalue weighted by Crippen LogP contribution is 2.33. The summed E-state index contributed by atoms with van der Waals surface area (Å²) in [7, 11) is 1.58. The fraction of sp³-hybridized carbons (Fsp3) is 0.0800. The summed E-state index contributed by atoms with van der Waals surface area (Å²) < 4.78 is 33.7. The highest BCUT2D eigenvalue weighted by Gasteiger charge is 2.18. The number of anilines is 1. The maximum absolute atomic E-state index is 13.5. The molecule has 0 aliphatic carbocycles. The topological polar surface area (TPSA) is 69.0 Å². The molecule has 5 aromatic rings. The van der Waals surface area contributed by atoms with Crippen LogP contribution in [-0.2, 0) is 11.3 Å². The number of halogens is 2.